The summed E-state index contributed by atoms with van der Waals surface area (Å²) in [5, 5.41) is 1.53. The van der Waals surface area contributed by atoms with E-state index in [-0.39, 0.29) is 5.12 Å². The topological polar surface area (TPSA) is 20.3 Å². The van der Waals surface area contributed by atoms with Crippen molar-refractivity contribution in [1.29, 1.82) is 0 Å². The molecule has 2 nitrogen and oxygen atoms in total. The van der Waals surface area contributed by atoms with Gasteiger partial charge in [0.1, 0.15) is 16.5 Å². The molecule has 1 aliphatic carbocycles. The van der Waals surface area contributed by atoms with Crippen molar-refractivity contribution in [3.05, 3.63) is 10.8 Å². The van der Waals surface area contributed by atoms with Crippen LogP contribution in [0.25, 0.3) is 0 Å². The average molecular weight is 358 g/mol. The average Bonchev–Trinajstić information content (AvgIpc) is 2.78. The van der Waals surface area contributed by atoms with Gasteiger partial charge in [-0.1, -0.05) is 51.0 Å². The molecule has 120 valence electrons. The highest BCUT2D eigenvalue weighted by Crippen LogP contribution is 2.45. The van der Waals surface area contributed by atoms with Crippen LogP contribution in [0.4, 0.5) is 0 Å². The first kappa shape index (κ1) is 17.7. The lowest BCUT2D eigenvalue weighted by atomic mass is 10.2. The van der Waals surface area contributed by atoms with Gasteiger partial charge in [-0.05, 0) is 24.9 Å². The van der Waals surface area contributed by atoms with Gasteiger partial charge in [-0.15, -0.1) is 12.6 Å². The minimum Gasteiger partial charge on any atom is -0.342 e. The van der Waals surface area contributed by atoms with Gasteiger partial charge in [0.15, 0.2) is 0 Å². The van der Waals surface area contributed by atoms with E-state index in [0.29, 0.717) is 6.04 Å². The summed E-state index contributed by atoms with van der Waals surface area (Å²) in [6.45, 7) is 17.2. The molecular weight excluding hydrogens is 326 g/mol. The fraction of sp³-hybridized carbons (Fsp3) is 0.800. The van der Waals surface area contributed by atoms with E-state index in [1.165, 1.54) is 17.3 Å². The van der Waals surface area contributed by atoms with Crippen LogP contribution < -0.4 is 0 Å². The number of carbonyl (C=O) groups excluding carboxylic acids is 1. The van der Waals surface area contributed by atoms with Gasteiger partial charge in [0, 0.05) is 11.6 Å². The van der Waals surface area contributed by atoms with Crippen molar-refractivity contribution in [2.45, 2.75) is 76.8 Å². The van der Waals surface area contributed by atoms with Gasteiger partial charge in [0.2, 0.25) is 5.12 Å². The summed E-state index contributed by atoms with van der Waals surface area (Å²) in [6.07, 6.45) is 2.11. The number of rotatable bonds is 3. The summed E-state index contributed by atoms with van der Waals surface area (Å²) in [7, 11) is -3.97. The van der Waals surface area contributed by atoms with Crippen LogP contribution in [0.2, 0.25) is 57.9 Å². The third kappa shape index (κ3) is 3.34. The molecule has 0 aromatic rings. The molecule has 0 amide bonds. The van der Waals surface area contributed by atoms with E-state index in [9.17, 15) is 4.79 Å². The van der Waals surface area contributed by atoms with Gasteiger partial charge in [-0.25, -0.2) is 0 Å². The van der Waals surface area contributed by atoms with Gasteiger partial charge < -0.3 is 4.23 Å². The van der Waals surface area contributed by atoms with E-state index in [1.807, 2.05) is 0 Å². The Balaban J connectivity index is 2.33. The third-order valence-electron chi connectivity index (χ3n) is 5.43. The zero-order chi connectivity index (χ0) is 16.2. The predicted octanol–water partition coefficient (Wildman–Crippen LogP) is 4.51. The molecule has 1 aliphatic heterocycles. The zero-order valence-corrected chi connectivity index (χ0v) is 18.6. The molecule has 0 bridgehead atoms. The summed E-state index contributed by atoms with van der Waals surface area (Å²) in [5.41, 5.74) is 1.07. The van der Waals surface area contributed by atoms with Crippen molar-refractivity contribution in [3.63, 3.8) is 0 Å². The normalized spacial score (nSPS) is 29.2. The van der Waals surface area contributed by atoms with Crippen molar-refractivity contribution in [2.75, 3.05) is 0 Å². The number of nitrogens with zero attached hydrogens (tertiary/aromatic N) is 1. The highest BCUT2D eigenvalue weighted by molar-refractivity contribution is 7.97. The molecule has 6 heteroatoms. The van der Waals surface area contributed by atoms with E-state index in [2.05, 4.69) is 62.7 Å². The lowest BCUT2D eigenvalue weighted by Gasteiger charge is -2.44. The number of hydrogen-bond donors (Lipinski definition) is 1. The molecule has 1 saturated heterocycles. The molecule has 0 saturated carbocycles. The fourth-order valence-corrected chi connectivity index (χ4v) is 21.9. The Morgan fingerprint density at radius 3 is 1.90 bits per heavy atom. The van der Waals surface area contributed by atoms with Gasteiger partial charge in [0.25, 0.3) is 0 Å². The van der Waals surface area contributed by atoms with Gasteiger partial charge in [-0.3, -0.25) is 4.79 Å². The van der Waals surface area contributed by atoms with Crippen LogP contribution in [0, 0.1) is 0 Å². The Hall–Kier alpha value is 0.371. The van der Waals surface area contributed by atoms with Crippen molar-refractivity contribution in [1.82, 2.24) is 4.23 Å². The molecule has 1 atom stereocenters. The molecule has 2 rings (SSSR count). The quantitative estimate of drug-likeness (QED) is 0.592. The lowest BCUT2D eigenvalue weighted by molar-refractivity contribution is -0.107. The van der Waals surface area contributed by atoms with Crippen LogP contribution in [0.15, 0.2) is 10.8 Å². The Morgan fingerprint density at radius 2 is 1.57 bits per heavy atom. The lowest BCUT2D eigenvalue weighted by Crippen LogP contribution is -2.59. The Kier molecular flexibility index (Phi) is 4.62. The minimum atomic E-state index is -1.42. The minimum absolute atomic E-state index is 0.0352. The first-order chi connectivity index (χ1) is 9.36. The third-order valence-corrected chi connectivity index (χ3v) is 18.4. The number of thiol groups is 1. The van der Waals surface area contributed by atoms with Gasteiger partial charge in [-0.2, -0.15) is 0 Å². The highest BCUT2D eigenvalue weighted by Gasteiger charge is 2.52. The zero-order valence-electron chi connectivity index (χ0n) is 14.7. The van der Waals surface area contributed by atoms with Crippen LogP contribution in [-0.4, -0.2) is 39.9 Å². The van der Waals surface area contributed by atoms with Crippen molar-refractivity contribution in [3.8, 4) is 0 Å². The summed E-state index contributed by atoms with van der Waals surface area (Å²) in [5.74, 6) is 0. The second-order valence-electron chi connectivity index (χ2n) is 9.07. The highest BCUT2D eigenvalue weighted by atomic mass is 32.1. The largest absolute Gasteiger partial charge is 0.342 e. The first-order valence-electron chi connectivity index (χ1n) is 8.11. The predicted molar refractivity (Wildman–Crippen MR) is 104 cm³/mol. The summed E-state index contributed by atoms with van der Waals surface area (Å²) >= 11 is 4.18. The molecule has 2 aliphatic rings. The monoisotopic (exact) mass is 357 g/mol. The number of carbonyl (C=O) groups is 1. The maximum atomic E-state index is 12.0. The van der Waals surface area contributed by atoms with Crippen LogP contribution in [0.3, 0.4) is 0 Å². The van der Waals surface area contributed by atoms with Gasteiger partial charge in [0.05, 0.1) is 8.07 Å². The van der Waals surface area contributed by atoms with Gasteiger partial charge >= 0.3 is 0 Å². The Bertz CT molecular complexity index is 478. The molecule has 1 unspecified atom stereocenters. The Morgan fingerprint density at radius 1 is 1.10 bits per heavy atom. The van der Waals surface area contributed by atoms with E-state index in [0.717, 1.165) is 18.4 Å². The van der Waals surface area contributed by atoms with E-state index < -0.39 is 24.5 Å². The summed E-state index contributed by atoms with van der Waals surface area (Å²) in [6, 6.07) is 3.48. The molecule has 0 spiro atoms. The van der Waals surface area contributed by atoms with Crippen LogP contribution >= 0.6 is 12.6 Å². The molecule has 0 radical (unpaired) electrons. The SMILES string of the molecule is C[Si](C)(C)C1=C(C(=O)S)CC(N2[Si](C)(C)CC[Si]2(C)C)C1. The first-order valence-corrected chi connectivity index (χ1v) is 18.4. The molecular formula is C15H31NOSSi3. The maximum Gasteiger partial charge on any atom is 0.211 e. The van der Waals surface area contributed by atoms with Crippen LogP contribution in [0.5, 0.6) is 0 Å². The second kappa shape index (κ2) is 5.47. The van der Waals surface area contributed by atoms with Crippen molar-refractivity contribution in [2.24, 2.45) is 0 Å². The van der Waals surface area contributed by atoms with E-state index in [1.54, 1.807) is 0 Å². The van der Waals surface area contributed by atoms with Crippen molar-refractivity contribution < 1.29 is 4.79 Å². The second-order valence-corrected chi connectivity index (χ2v) is 24.2. The molecule has 0 aromatic heterocycles. The number of hydrogen-bond acceptors (Lipinski definition) is 2. The molecule has 1 heterocycles. The molecule has 21 heavy (non-hydrogen) atoms. The van der Waals surface area contributed by atoms with Crippen LogP contribution in [-0.2, 0) is 4.79 Å². The van der Waals surface area contributed by atoms with E-state index >= 15 is 0 Å². The summed E-state index contributed by atoms with van der Waals surface area (Å²) in [4.78, 5) is 12.0. The molecule has 1 fully saturated rings. The fourth-order valence-electron chi connectivity index (χ4n) is 4.61. The maximum absolute atomic E-state index is 12.0. The molecule has 0 N–H and O–H groups in total. The summed E-state index contributed by atoms with van der Waals surface area (Å²) < 4.78 is 2.98. The van der Waals surface area contributed by atoms with E-state index in [4.69, 9.17) is 0 Å². The molecule has 0 aromatic carbocycles. The smallest absolute Gasteiger partial charge is 0.211 e. The Labute approximate surface area is 139 Å². The standard InChI is InChI=1S/C15H31NOSSi3/c1-19(2,3)14-11-12(10-13(14)15(17)18)16-20(4,5)8-9-21(16,6)7/h12H,8-11H2,1-7H3,(H,17,18). The van der Waals surface area contributed by atoms with Crippen LogP contribution in [0.1, 0.15) is 12.8 Å². The van der Waals surface area contributed by atoms with Crippen molar-refractivity contribution >= 4 is 42.3 Å².